The SMILES string of the molecule is C[C@@H]1C[C@H]2[C@@H]3C[C@H](F)C4=CC(=O)C=C[C@]4(C)[C@@]3(F)[C@@H](OCOP(=O)(O)OP(=O)(O)OCCNC(=O)OCC3c4ccccc4-c4ccccc43)C[C@@]2(C)[C]1C(=O)SCF. The van der Waals surface area contributed by atoms with Crippen LogP contribution in [0.3, 0.4) is 0 Å². The molecule has 19 heteroatoms. The summed E-state index contributed by atoms with van der Waals surface area (Å²) >= 11 is 0.463. The van der Waals surface area contributed by atoms with E-state index in [1.165, 1.54) is 13.0 Å². The first-order chi connectivity index (χ1) is 27.8. The molecular weight excluding hydrogens is 837 g/mol. The van der Waals surface area contributed by atoms with Gasteiger partial charge in [-0.3, -0.25) is 18.6 Å². The zero-order valence-electron chi connectivity index (χ0n) is 32.4. The van der Waals surface area contributed by atoms with E-state index in [0.717, 1.165) is 34.4 Å². The van der Waals surface area contributed by atoms with Crippen LogP contribution >= 0.6 is 27.4 Å². The highest BCUT2D eigenvalue weighted by atomic mass is 32.2. The minimum atomic E-state index is -5.47. The molecule has 59 heavy (non-hydrogen) atoms. The van der Waals surface area contributed by atoms with Crippen molar-refractivity contribution in [3.8, 4) is 11.1 Å². The number of rotatable bonds is 14. The highest BCUT2D eigenvalue weighted by Crippen LogP contribution is 2.71. The molecule has 0 aliphatic heterocycles. The number of allylic oxidation sites excluding steroid dienone is 4. The summed E-state index contributed by atoms with van der Waals surface area (Å²) in [5.41, 5.74) is -1.29. The molecule has 2 unspecified atom stereocenters. The number of hydrogen-bond donors (Lipinski definition) is 3. The molecule has 0 aromatic heterocycles. The molecule has 2 aromatic carbocycles. The van der Waals surface area contributed by atoms with Crippen LogP contribution in [0.5, 0.6) is 0 Å². The molecule has 13 nitrogen and oxygen atoms in total. The molecule has 2 aromatic rings. The third-order valence-electron chi connectivity index (χ3n) is 12.8. The fourth-order valence-corrected chi connectivity index (χ4v) is 13.0. The number of phosphoric acid groups is 2. The van der Waals surface area contributed by atoms with Crippen molar-refractivity contribution < 1.29 is 69.3 Å². The van der Waals surface area contributed by atoms with E-state index in [-0.39, 0.29) is 37.5 Å². The molecule has 1 radical (unpaired) electrons. The van der Waals surface area contributed by atoms with Crippen LogP contribution in [0.15, 0.2) is 72.3 Å². The Morgan fingerprint density at radius 2 is 1.63 bits per heavy atom. The molecule has 3 fully saturated rings. The molecule has 0 spiro atoms. The number of carbonyl (C=O) groups is 3. The summed E-state index contributed by atoms with van der Waals surface area (Å²) in [5, 5.41) is 1.85. The average Bonchev–Trinajstić information content (AvgIpc) is 3.63. The van der Waals surface area contributed by atoms with Crippen LogP contribution in [0.25, 0.3) is 11.1 Å². The fraction of sp³-hybridized carbons (Fsp3) is 0.500. The topological polar surface area (TPSA) is 184 Å². The molecule has 0 heterocycles. The van der Waals surface area contributed by atoms with Crippen LogP contribution in [-0.2, 0) is 41.6 Å². The zero-order chi connectivity index (χ0) is 42.5. The first-order valence-electron chi connectivity index (χ1n) is 19.1. The summed E-state index contributed by atoms with van der Waals surface area (Å²) in [4.78, 5) is 58.6. The lowest BCUT2D eigenvalue weighted by atomic mass is 9.45. The van der Waals surface area contributed by atoms with E-state index in [0.29, 0.717) is 24.1 Å². The lowest BCUT2D eigenvalue weighted by Crippen LogP contribution is -2.68. The molecule has 3 N–H and O–H groups in total. The zero-order valence-corrected chi connectivity index (χ0v) is 35.0. The van der Waals surface area contributed by atoms with Gasteiger partial charge in [0.2, 0.25) is 0 Å². The molecule has 10 atom stereocenters. The van der Waals surface area contributed by atoms with Crippen molar-refractivity contribution in [2.24, 2.45) is 28.6 Å². The molecule has 0 bridgehead atoms. The second-order valence-corrected chi connectivity index (χ2v) is 19.9. The standard InChI is InChI=1S/C40H45F3NO12P2S/c1-23-16-30-31-18-33(42)32-17-24(45)12-13-39(32,3)40(31,43)34(19-38(30,2)35(23)36(46)59-21-41)53-22-55-58(50,51)56-57(48,49)54-15-14-44-37(47)52-20-29-27-10-6-4-8-25(27)26-9-5-7-11-28(26)29/h4-13,17,23,29-31,33-34H,14-16,18-22H2,1-3H3,(H,44,47)(H,48,49)(H,50,51)/t23-,30+,31+,33+,34+,38-,39+,40+/m1/s1. The van der Waals surface area contributed by atoms with Crippen LogP contribution in [0.4, 0.5) is 18.0 Å². The van der Waals surface area contributed by atoms with Gasteiger partial charge in [0.1, 0.15) is 18.8 Å². The first kappa shape index (κ1) is 44.0. The minimum absolute atomic E-state index is 0.0129. The van der Waals surface area contributed by atoms with Gasteiger partial charge in [-0.2, -0.15) is 4.31 Å². The van der Waals surface area contributed by atoms with Gasteiger partial charge in [0, 0.05) is 23.8 Å². The Bertz CT molecular complexity index is 2120. The van der Waals surface area contributed by atoms with Gasteiger partial charge in [0.05, 0.1) is 18.6 Å². The molecule has 5 aliphatic rings. The second kappa shape index (κ2) is 16.6. The highest BCUT2D eigenvalue weighted by molar-refractivity contribution is 8.13. The lowest BCUT2D eigenvalue weighted by Gasteiger charge is -2.63. The Morgan fingerprint density at radius 1 is 0.983 bits per heavy atom. The number of halogens is 3. The Kier molecular flexibility index (Phi) is 12.4. The van der Waals surface area contributed by atoms with E-state index < -0.39 is 98.6 Å². The molecule has 1 amide bonds. The number of amides is 1. The number of alkyl carbamates (subject to hydrolysis) is 1. The third kappa shape index (κ3) is 8.08. The minimum Gasteiger partial charge on any atom is -0.449 e. The number of alkyl halides is 3. The van der Waals surface area contributed by atoms with Gasteiger partial charge in [-0.1, -0.05) is 80.2 Å². The number of phosphoric ester groups is 2. The first-order valence-corrected chi connectivity index (χ1v) is 23.1. The Balaban J connectivity index is 0.960. The lowest BCUT2D eigenvalue weighted by molar-refractivity contribution is -0.225. The summed E-state index contributed by atoms with van der Waals surface area (Å²) in [6.45, 7) is 2.75. The number of fused-ring (bicyclic) bond motifs is 8. The molecule has 7 rings (SSSR count). The van der Waals surface area contributed by atoms with Crippen LogP contribution in [0, 0.1) is 34.5 Å². The maximum Gasteiger partial charge on any atom is 0.483 e. The Labute approximate surface area is 343 Å². The quantitative estimate of drug-likeness (QED) is 0.0941. The van der Waals surface area contributed by atoms with Gasteiger partial charge >= 0.3 is 21.7 Å². The van der Waals surface area contributed by atoms with Gasteiger partial charge in [0.25, 0.3) is 0 Å². The van der Waals surface area contributed by atoms with Gasteiger partial charge in [-0.05, 0) is 83.4 Å². The number of nitrogens with one attached hydrogen (secondary N) is 1. The Hall–Kier alpha value is -3.11. The van der Waals surface area contributed by atoms with Crippen molar-refractivity contribution in [3.05, 3.63) is 89.4 Å². The summed E-state index contributed by atoms with van der Waals surface area (Å²) in [6, 6.07) is 14.5. The van der Waals surface area contributed by atoms with Gasteiger partial charge in [-0.15, -0.1) is 0 Å². The number of ketones is 1. The van der Waals surface area contributed by atoms with E-state index in [9.17, 15) is 37.7 Å². The molecule has 0 saturated heterocycles. The number of benzene rings is 2. The number of carbonyl (C=O) groups excluding carboxylic acids is 3. The van der Waals surface area contributed by atoms with E-state index in [1.807, 2.05) is 48.5 Å². The fourth-order valence-electron chi connectivity index (χ4n) is 10.4. The van der Waals surface area contributed by atoms with Gasteiger partial charge < -0.3 is 24.6 Å². The number of thioether (sulfide) groups is 1. The van der Waals surface area contributed by atoms with Crippen molar-refractivity contribution in [3.63, 3.8) is 0 Å². The summed E-state index contributed by atoms with van der Waals surface area (Å²) in [5.74, 6) is -2.46. The van der Waals surface area contributed by atoms with Crippen molar-refractivity contribution in [2.45, 2.75) is 63.9 Å². The molecule has 5 aliphatic carbocycles. The van der Waals surface area contributed by atoms with Gasteiger partial charge in [-0.25, -0.2) is 27.1 Å². The normalized spacial score (nSPS) is 33.1. The molecular formula is C40H45F3NO12P2S. The smallest absolute Gasteiger partial charge is 0.449 e. The molecule has 319 valence electrons. The second-order valence-electron chi connectivity index (χ2n) is 15.9. The number of ether oxygens (including phenoxy) is 2. The van der Waals surface area contributed by atoms with E-state index in [1.54, 1.807) is 13.8 Å². The van der Waals surface area contributed by atoms with E-state index >= 15 is 8.78 Å². The summed E-state index contributed by atoms with van der Waals surface area (Å²) in [6.07, 6.45) is -0.883. The van der Waals surface area contributed by atoms with Crippen molar-refractivity contribution in [1.29, 1.82) is 0 Å². The predicted molar refractivity (Wildman–Crippen MR) is 210 cm³/mol. The maximum absolute atomic E-state index is 18.3. The monoisotopic (exact) mass is 882 g/mol. The van der Waals surface area contributed by atoms with Crippen molar-refractivity contribution in [1.82, 2.24) is 5.32 Å². The van der Waals surface area contributed by atoms with Crippen molar-refractivity contribution in [2.75, 3.05) is 32.6 Å². The van der Waals surface area contributed by atoms with Crippen LogP contribution < -0.4 is 5.32 Å². The molecule has 3 saturated carbocycles. The van der Waals surface area contributed by atoms with Crippen LogP contribution in [-0.4, -0.2) is 77.3 Å². The maximum atomic E-state index is 18.3. The Morgan fingerprint density at radius 3 is 2.29 bits per heavy atom. The average molecular weight is 883 g/mol. The largest absolute Gasteiger partial charge is 0.483 e. The van der Waals surface area contributed by atoms with Crippen LogP contribution in [0.2, 0.25) is 0 Å². The van der Waals surface area contributed by atoms with Crippen molar-refractivity contribution >= 4 is 44.4 Å². The number of hydrogen-bond acceptors (Lipinski definition) is 11. The van der Waals surface area contributed by atoms with E-state index in [4.69, 9.17) is 18.5 Å². The third-order valence-corrected chi connectivity index (χ3v) is 16.0. The van der Waals surface area contributed by atoms with E-state index in [2.05, 4.69) is 9.63 Å². The van der Waals surface area contributed by atoms with Crippen LogP contribution in [0.1, 0.15) is 57.1 Å². The summed E-state index contributed by atoms with van der Waals surface area (Å²) in [7, 11) is -10.8. The predicted octanol–water partition coefficient (Wildman–Crippen LogP) is 8.08. The highest BCUT2D eigenvalue weighted by Gasteiger charge is 2.74. The summed E-state index contributed by atoms with van der Waals surface area (Å²) < 4.78 is 98.4. The van der Waals surface area contributed by atoms with Gasteiger partial charge in [0.15, 0.2) is 23.4 Å².